The number of rotatable bonds is 5. The van der Waals surface area contributed by atoms with E-state index in [-0.39, 0.29) is 6.42 Å². The van der Waals surface area contributed by atoms with Crippen LogP contribution < -0.4 is 4.90 Å². The second kappa shape index (κ2) is 6.93. The van der Waals surface area contributed by atoms with Gasteiger partial charge in [0, 0.05) is 0 Å². The number of carboxylic acid groups (broad SMARTS) is 1. The van der Waals surface area contributed by atoms with Crippen molar-refractivity contribution in [2.75, 3.05) is 12.0 Å². The van der Waals surface area contributed by atoms with Gasteiger partial charge in [-0.2, -0.15) is 0 Å². The largest absolute Gasteiger partial charge is 0.481 e. The van der Waals surface area contributed by atoms with Gasteiger partial charge in [0.2, 0.25) is 0 Å². The Hall–Kier alpha value is -2.04. The van der Waals surface area contributed by atoms with Gasteiger partial charge < -0.3 is 9.84 Å². The average Bonchev–Trinajstić information content (AvgIpc) is 2.40. The lowest BCUT2D eigenvalue weighted by Gasteiger charge is -2.31. The van der Waals surface area contributed by atoms with Gasteiger partial charge in [0.25, 0.3) is 0 Å². The molecular weight excluding hydrogens is 258 g/mol. The van der Waals surface area contributed by atoms with E-state index in [0.717, 1.165) is 16.8 Å². The van der Waals surface area contributed by atoms with Crippen molar-refractivity contribution >= 4 is 17.7 Å². The molecule has 1 atom stereocenters. The Kier molecular flexibility index (Phi) is 5.55. The number of anilines is 1. The number of aryl methyl sites for hydroxylation is 2. The highest BCUT2D eigenvalue weighted by atomic mass is 16.5. The third-order valence-corrected chi connectivity index (χ3v) is 3.30. The number of methoxy groups -OCH3 is 1. The molecule has 0 aromatic heterocycles. The van der Waals surface area contributed by atoms with Crippen molar-refractivity contribution in [2.45, 2.75) is 39.7 Å². The summed E-state index contributed by atoms with van der Waals surface area (Å²) in [5, 5.41) is 9.03. The number of carbonyl (C=O) groups is 2. The Morgan fingerprint density at radius 1 is 1.30 bits per heavy atom. The first-order valence-electron chi connectivity index (χ1n) is 6.57. The molecule has 0 aliphatic carbocycles. The van der Waals surface area contributed by atoms with Crippen LogP contribution in [0.4, 0.5) is 10.5 Å². The maximum absolute atomic E-state index is 12.1. The van der Waals surface area contributed by atoms with Crippen molar-refractivity contribution in [3.63, 3.8) is 0 Å². The van der Waals surface area contributed by atoms with Gasteiger partial charge in [-0.05, 0) is 31.4 Å². The molecule has 0 fully saturated rings. The van der Waals surface area contributed by atoms with E-state index in [1.54, 1.807) is 0 Å². The van der Waals surface area contributed by atoms with Crippen LogP contribution in [0.15, 0.2) is 18.2 Å². The van der Waals surface area contributed by atoms with Crippen molar-refractivity contribution in [3.05, 3.63) is 29.3 Å². The minimum absolute atomic E-state index is 0.112. The number of benzene rings is 1. The van der Waals surface area contributed by atoms with Crippen LogP contribution in [-0.4, -0.2) is 30.3 Å². The molecule has 0 aliphatic rings. The van der Waals surface area contributed by atoms with Crippen LogP contribution in [0.1, 0.15) is 30.9 Å². The van der Waals surface area contributed by atoms with Crippen molar-refractivity contribution in [1.82, 2.24) is 0 Å². The first-order valence-corrected chi connectivity index (χ1v) is 6.57. The predicted molar refractivity (Wildman–Crippen MR) is 77.1 cm³/mol. The van der Waals surface area contributed by atoms with E-state index in [4.69, 9.17) is 9.84 Å². The summed E-state index contributed by atoms with van der Waals surface area (Å²) < 4.78 is 4.84. The molecule has 5 heteroatoms. The van der Waals surface area contributed by atoms with Gasteiger partial charge in [-0.1, -0.05) is 25.1 Å². The fraction of sp³-hybridized carbons (Fsp3) is 0.467. The molecule has 0 aliphatic heterocycles. The molecule has 20 heavy (non-hydrogen) atoms. The lowest BCUT2D eigenvalue weighted by atomic mass is 10.0. The SMILES string of the molecule is CCC(CC(=O)O)N(C(=O)OC)c1c(C)cccc1C. The fourth-order valence-corrected chi connectivity index (χ4v) is 2.33. The minimum Gasteiger partial charge on any atom is -0.481 e. The summed E-state index contributed by atoms with van der Waals surface area (Å²) in [6.45, 7) is 5.65. The summed E-state index contributed by atoms with van der Waals surface area (Å²) in [6, 6.07) is 5.26. The summed E-state index contributed by atoms with van der Waals surface area (Å²) in [6.07, 6.45) is -0.107. The Balaban J connectivity index is 3.31. The molecule has 0 saturated heterocycles. The van der Waals surface area contributed by atoms with Crippen molar-refractivity contribution in [2.24, 2.45) is 0 Å². The summed E-state index contributed by atoms with van der Waals surface area (Å²) >= 11 is 0. The second-order valence-electron chi connectivity index (χ2n) is 4.74. The molecule has 0 heterocycles. The van der Waals surface area contributed by atoms with E-state index in [1.807, 2.05) is 39.0 Å². The molecule has 0 radical (unpaired) electrons. The quantitative estimate of drug-likeness (QED) is 0.899. The normalized spacial score (nSPS) is 11.8. The first kappa shape index (κ1) is 16.0. The lowest BCUT2D eigenvalue weighted by molar-refractivity contribution is -0.137. The summed E-state index contributed by atoms with van der Waals surface area (Å²) in [5.41, 5.74) is 2.56. The topological polar surface area (TPSA) is 66.8 Å². The molecular formula is C15H21NO4. The fourth-order valence-electron chi connectivity index (χ4n) is 2.33. The molecule has 1 aromatic rings. The number of aliphatic carboxylic acids is 1. The first-order chi connectivity index (χ1) is 9.42. The van der Waals surface area contributed by atoms with Gasteiger partial charge >= 0.3 is 12.1 Å². The van der Waals surface area contributed by atoms with Crippen LogP contribution in [0.3, 0.4) is 0 Å². The van der Waals surface area contributed by atoms with E-state index in [1.165, 1.54) is 12.0 Å². The number of amides is 1. The van der Waals surface area contributed by atoms with E-state index in [9.17, 15) is 9.59 Å². The van der Waals surface area contributed by atoms with Crippen LogP contribution in [0.2, 0.25) is 0 Å². The molecule has 110 valence electrons. The molecule has 1 amide bonds. The summed E-state index contributed by atoms with van der Waals surface area (Å²) in [4.78, 5) is 24.6. The maximum atomic E-state index is 12.1. The Morgan fingerprint density at radius 3 is 2.25 bits per heavy atom. The zero-order valence-electron chi connectivity index (χ0n) is 12.3. The van der Waals surface area contributed by atoms with Crippen LogP contribution in [0, 0.1) is 13.8 Å². The van der Waals surface area contributed by atoms with Gasteiger partial charge in [-0.15, -0.1) is 0 Å². The number of nitrogens with zero attached hydrogens (tertiary/aromatic N) is 1. The van der Waals surface area contributed by atoms with Gasteiger partial charge in [-0.25, -0.2) is 4.79 Å². The minimum atomic E-state index is -0.933. The Bertz CT molecular complexity index is 478. The van der Waals surface area contributed by atoms with E-state index >= 15 is 0 Å². The standard InChI is InChI=1S/C15H21NO4/c1-5-12(9-13(17)18)16(15(19)20-4)14-10(2)7-6-8-11(14)3/h6-8,12H,5,9H2,1-4H3,(H,17,18). The zero-order valence-corrected chi connectivity index (χ0v) is 12.3. The van der Waals surface area contributed by atoms with Crippen LogP contribution in [0.5, 0.6) is 0 Å². The summed E-state index contributed by atoms with van der Waals surface area (Å²) in [5.74, 6) is -0.933. The third-order valence-electron chi connectivity index (χ3n) is 3.30. The van der Waals surface area contributed by atoms with Crippen LogP contribution in [-0.2, 0) is 9.53 Å². The molecule has 0 spiro atoms. The Labute approximate surface area is 119 Å². The maximum Gasteiger partial charge on any atom is 0.414 e. The highest BCUT2D eigenvalue weighted by molar-refractivity contribution is 5.91. The predicted octanol–water partition coefficient (Wildman–Crippen LogP) is 3.13. The number of carboxylic acids is 1. The number of hydrogen-bond donors (Lipinski definition) is 1. The highest BCUT2D eigenvalue weighted by Crippen LogP contribution is 2.29. The van der Waals surface area contributed by atoms with Crippen LogP contribution >= 0.6 is 0 Å². The number of carbonyl (C=O) groups excluding carboxylic acids is 1. The molecule has 1 unspecified atom stereocenters. The molecule has 1 rings (SSSR count). The lowest BCUT2D eigenvalue weighted by Crippen LogP contribution is -2.42. The third kappa shape index (κ3) is 3.50. The highest BCUT2D eigenvalue weighted by Gasteiger charge is 2.28. The smallest absolute Gasteiger partial charge is 0.414 e. The van der Waals surface area contributed by atoms with Crippen molar-refractivity contribution in [1.29, 1.82) is 0 Å². The average molecular weight is 279 g/mol. The van der Waals surface area contributed by atoms with Crippen molar-refractivity contribution < 1.29 is 19.4 Å². The van der Waals surface area contributed by atoms with Gasteiger partial charge in [0.05, 0.1) is 25.3 Å². The monoisotopic (exact) mass is 279 g/mol. The molecule has 0 saturated carbocycles. The number of para-hydroxylation sites is 1. The van der Waals surface area contributed by atoms with Gasteiger partial charge in [0.15, 0.2) is 0 Å². The number of ether oxygens (including phenoxy) is 1. The number of hydrogen-bond acceptors (Lipinski definition) is 3. The van der Waals surface area contributed by atoms with Gasteiger partial charge in [-0.3, -0.25) is 9.69 Å². The van der Waals surface area contributed by atoms with E-state index in [2.05, 4.69) is 0 Å². The van der Waals surface area contributed by atoms with E-state index < -0.39 is 18.1 Å². The zero-order chi connectivity index (χ0) is 15.3. The van der Waals surface area contributed by atoms with Gasteiger partial charge in [0.1, 0.15) is 0 Å². The molecule has 1 N–H and O–H groups in total. The molecule has 5 nitrogen and oxygen atoms in total. The van der Waals surface area contributed by atoms with Crippen LogP contribution in [0.25, 0.3) is 0 Å². The Morgan fingerprint density at radius 2 is 1.85 bits per heavy atom. The molecule has 0 bridgehead atoms. The van der Waals surface area contributed by atoms with Crippen molar-refractivity contribution in [3.8, 4) is 0 Å². The molecule has 1 aromatic carbocycles. The van der Waals surface area contributed by atoms with E-state index in [0.29, 0.717) is 6.42 Å². The summed E-state index contributed by atoms with van der Waals surface area (Å²) in [7, 11) is 1.30. The second-order valence-corrected chi connectivity index (χ2v) is 4.74.